The molecule has 1 saturated heterocycles. The van der Waals surface area contributed by atoms with Gasteiger partial charge >= 0.3 is 0 Å². The highest BCUT2D eigenvalue weighted by Gasteiger charge is 2.33. The summed E-state index contributed by atoms with van der Waals surface area (Å²) in [5.74, 6) is 0.833. The summed E-state index contributed by atoms with van der Waals surface area (Å²) in [6.07, 6.45) is 4.07. The molecule has 0 amide bonds. The van der Waals surface area contributed by atoms with Crippen LogP contribution < -0.4 is 5.73 Å². The molecule has 1 saturated carbocycles. The number of hydrogen-bond donors (Lipinski definition) is 1. The summed E-state index contributed by atoms with van der Waals surface area (Å²) in [5, 5.41) is 0. The molecule has 2 N–H and O–H groups in total. The standard InChI is InChI=1S/C10H19FN2/c11-9-4-10(5-12)13(7-9)6-8-2-1-3-8/h8-10H,1-7,12H2/t9-,10-/m0/s1. The van der Waals surface area contributed by atoms with Crippen LogP contribution in [0.4, 0.5) is 4.39 Å². The SMILES string of the molecule is NC[C@@H]1C[C@H](F)CN1CC1CCC1. The van der Waals surface area contributed by atoms with Gasteiger partial charge in [0.1, 0.15) is 6.17 Å². The number of likely N-dealkylation sites (tertiary alicyclic amines) is 1. The van der Waals surface area contributed by atoms with E-state index in [9.17, 15) is 4.39 Å². The summed E-state index contributed by atoms with van der Waals surface area (Å²) in [6, 6.07) is 0.315. The molecule has 2 fully saturated rings. The first-order valence-electron chi connectivity index (χ1n) is 5.37. The molecule has 1 heterocycles. The van der Waals surface area contributed by atoms with Crippen molar-refractivity contribution in [3.05, 3.63) is 0 Å². The van der Waals surface area contributed by atoms with Crippen LogP contribution in [0.2, 0.25) is 0 Å². The average molecular weight is 186 g/mol. The molecule has 0 spiro atoms. The minimum Gasteiger partial charge on any atom is -0.329 e. The molecule has 3 heteroatoms. The lowest BCUT2D eigenvalue weighted by molar-refractivity contribution is 0.164. The lowest BCUT2D eigenvalue weighted by atomic mass is 9.85. The third kappa shape index (κ3) is 2.02. The van der Waals surface area contributed by atoms with Crippen molar-refractivity contribution in [3.63, 3.8) is 0 Å². The van der Waals surface area contributed by atoms with E-state index in [0.717, 1.165) is 12.5 Å². The summed E-state index contributed by atoms with van der Waals surface area (Å²) in [4.78, 5) is 2.26. The highest BCUT2D eigenvalue weighted by molar-refractivity contribution is 4.88. The highest BCUT2D eigenvalue weighted by Crippen LogP contribution is 2.30. The van der Waals surface area contributed by atoms with Crippen LogP contribution in [0.5, 0.6) is 0 Å². The lowest BCUT2D eigenvalue weighted by Gasteiger charge is -2.32. The number of hydrogen-bond acceptors (Lipinski definition) is 2. The van der Waals surface area contributed by atoms with Crippen LogP contribution >= 0.6 is 0 Å². The van der Waals surface area contributed by atoms with Crippen molar-refractivity contribution in [2.24, 2.45) is 11.7 Å². The normalized spacial score (nSPS) is 36.5. The zero-order chi connectivity index (χ0) is 9.26. The second-order valence-electron chi connectivity index (χ2n) is 4.47. The van der Waals surface area contributed by atoms with E-state index >= 15 is 0 Å². The summed E-state index contributed by atoms with van der Waals surface area (Å²) in [6.45, 7) is 2.33. The van der Waals surface area contributed by atoms with E-state index in [4.69, 9.17) is 5.73 Å². The van der Waals surface area contributed by atoms with Gasteiger partial charge in [-0.2, -0.15) is 0 Å². The van der Waals surface area contributed by atoms with Crippen molar-refractivity contribution in [3.8, 4) is 0 Å². The first-order chi connectivity index (χ1) is 6.29. The van der Waals surface area contributed by atoms with Crippen LogP contribution in [-0.2, 0) is 0 Å². The average Bonchev–Trinajstić information content (AvgIpc) is 2.38. The Labute approximate surface area is 79.3 Å². The smallest absolute Gasteiger partial charge is 0.114 e. The number of halogens is 1. The summed E-state index contributed by atoms with van der Waals surface area (Å²) in [7, 11) is 0. The quantitative estimate of drug-likeness (QED) is 0.716. The molecule has 0 aromatic heterocycles. The van der Waals surface area contributed by atoms with E-state index in [1.807, 2.05) is 0 Å². The van der Waals surface area contributed by atoms with Crippen LogP contribution in [0.3, 0.4) is 0 Å². The van der Waals surface area contributed by atoms with Gasteiger partial charge in [-0.25, -0.2) is 4.39 Å². The van der Waals surface area contributed by atoms with Gasteiger partial charge in [-0.15, -0.1) is 0 Å². The van der Waals surface area contributed by atoms with Gasteiger partial charge < -0.3 is 5.73 Å². The van der Waals surface area contributed by atoms with Crippen molar-refractivity contribution in [1.29, 1.82) is 0 Å². The molecule has 1 aliphatic heterocycles. The highest BCUT2D eigenvalue weighted by atomic mass is 19.1. The van der Waals surface area contributed by atoms with E-state index in [1.54, 1.807) is 0 Å². The lowest BCUT2D eigenvalue weighted by Crippen LogP contribution is -2.40. The molecule has 0 unspecified atom stereocenters. The molecule has 76 valence electrons. The first-order valence-corrected chi connectivity index (χ1v) is 5.37. The Morgan fingerprint density at radius 3 is 2.69 bits per heavy atom. The van der Waals surface area contributed by atoms with Crippen LogP contribution in [0.15, 0.2) is 0 Å². The number of nitrogens with zero attached hydrogens (tertiary/aromatic N) is 1. The number of nitrogens with two attached hydrogens (primary N) is 1. The maximum absolute atomic E-state index is 13.1. The Morgan fingerprint density at radius 1 is 1.38 bits per heavy atom. The van der Waals surface area contributed by atoms with Gasteiger partial charge in [0, 0.05) is 25.7 Å². The molecule has 0 bridgehead atoms. The van der Waals surface area contributed by atoms with Crippen LogP contribution in [0, 0.1) is 5.92 Å². The zero-order valence-corrected chi connectivity index (χ0v) is 8.08. The molecular weight excluding hydrogens is 167 g/mol. The first kappa shape index (κ1) is 9.41. The fourth-order valence-corrected chi connectivity index (χ4v) is 2.40. The molecule has 13 heavy (non-hydrogen) atoms. The molecule has 0 radical (unpaired) electrons. The van der Waals surface area contributed by atoms with Gasteiger partial charge in [0.2, 0.25) is 0 Å². The van der Waals surface area contributed by atoms with E-state index in [2.05, 4.69) is 4.90 Å². The van der Waals surface area contributed by atoms with Gasteiger partial charge in [0.05, 0.1) is 0 Å². The van der Waals surface area contributed by atoms with Crippen molar-refractivity contribution in [2.75, 3.05) is 19.6 Å². The van der Waals surface area contributed by atoms with Gasteiger partial charge in [0.25, 0.3) is 0 Å². The van der Waals surface area contributed by atoms with Crippen molar-refractivity contribution >= 4 is 0 Å². The molecule has 2 nitrogen and oxygen atoms in total. The largest absolute Gasteiger partial charge is 0.329 e. The Bertz CT molecular complexity index is 170. The summed E-state index contributed by atoms with van der Waals surface area (Å²) in [5.41, 5.74) is 5.61. The van der Waals surface area contributed by atoms with Crippen LogP contribution in [0.25, 0.3) is 0 Å². The Morgan fingerprint density at radius 2 is 2.15 bits per heavy atom. The molecule has 0 aromatic rings. The van der Waals surface area contributed by atoms with E-state index < -0.39 is 6.17 Å². The van der Waals surface area contributed by atoms with E-state index in [0.29, 0.717) is 25.6 Å². The third-order valence-corrected chi connectivity index (χ3v) is 3.47. The Kier molecular flexibility index (Phi) is 2.84. The Balaban J connectivity index is 1.82. The second kappa shape index (κ2) is 3.93. The predicted octanol–water partition coefficient (Wildman–Crippen LogP) is 1.16. The van der Waals surface area contributed by atoms with Crippen LogP contribution in [-0.4, -0.2) is 36.7 Å². The number of rotatable bonds is 3. The zero-order valence-electron chi connectivity index (χ0n) is 8.08. The summed E-state index contributed by atoms with van der Waals surface area (Å²) < 4.78 is 13.1. The van der Waals surface area contributed by atoms with Gasteiger partial charge in [-0.3, -0.25) is 4.90 Å². The molecular formula is C10H19FN2. The molecule has 1 aliphatic carbocycles. The fraction of sp³-hybridized carbons (Fsp3) is 1.00. The van der Waals surface area contributed by atoms with Crippen molar-refractivity contribution in [2.45, 2.75) is 37.9 Å². The maximum Gasteiger partial charge on any atom is 0.114 e. The van der Waals surface area contributed by atoms with Crippen molar-refractivity contribution in [1.82, 2.24) is 4.90 Å². The molecule has 2 aliphatic rings. The van der Waals surface area contributed by atoms with Gasteiger partial charge in [-0.05, 0) is 25.2 Å². The predicted molar refractivity (Wildman–Crippen MR) is 51.3 cm³/mol. The third-order valence-electron chi connectivity index (χ3n) is 3.47. The molecule has 2 rings (SSSR count). The molecule has 0 aromatic carbocycles. The number of alkyl halides is 1. The van der Waals surface area contributed by atoms with Gasteiger partial charge in [-0.1, -0.05) is 6.42 Å². The second-order valence-corrected chi connectivity index (χ2v) is 4.47. The van der Waals surface area contributed by atoms with Crippen LogP contribution in [0.1, 0.15) is 25.7 Å². The van der Waals surface area contributed by atoms with Crippen molar-refractivity contribution < 1.29 is 4.39 Å². The Hall–Kier alpha value is -0.150. The minimum absolute atomic E-state index is 0.315. The topological polar surface area (TPSA) is 29.3 Å². The maximum atomic E-state index is 13.1. The minimum atomic E-state index is -0.631. The van der Waals surface area contributed by atoms with Gasteiger partial charge in [0.15, 0.2) is 0 Å². The van der Waals surface area contributed by atoms with E-state index in [-0.39, 0.29) is 0 Å². The van der Waals surface area contributed by atoms with E-state index in [1.165, 1.54) is 19.3 Å². The monoisotopic (exact) mass is 186 g/mol. The summed E-state index contributed by atoms with van der Waals surface area (Å²) >= 11 is 0. The fourth-order valence-electron chi connectivity index (χ4n) is 2.40. The molecule has 2 atom stereocenters.